The average Bonchev–Trinajstić information content (AvgIpc) is 2.91. The van der Waals surface area contributed by atoms with Crippen molar-refractivity contribution in [3.05, 3.63) is 41.7 Å². The molecule has 0 saturated carbocycles. The lowest BCUT2D eigenvalue weighted by molar-refractivity contribution is 0.0590. The summed E-state index contributed by atoms with van der Waals surface area (Å²) < 4.78 is 20.1. The molecular weight excluding hydrogens is 273 g/mol. The number of methoxy groups -OCH3 is 1. The van der Waals surface area contributed by atoms with Crippen LogP contribution in [0.5, 0.6) is 5.75 Å². The van der Waals surface area contributed by atoms with E-state index in [0.29, 0.717) is 30.1 Å². The summed E-state index contributed by atoms with van der Waals surface area (Å²) >= 11 is 0. The first-order valence-electron chi connectivity index (χ1n) is 7.01. The van der Waals surface area contributed by atoms with Gasteiger partial charge in [0.15, 0.2) is 11.4 Å². The normalized spacial score (nSPS) is 14.0. The molecule has 1 atom stereocenters. The summed E-state index contributed by atoms with van der Waals surface area (Å²) in [5.74, 6) is 0.0603. The highest BCUT2D eigenvalue weighted by Crippen LogP contribution is 2.37. The van der Waals surface area contributed by atoms with Gasteiger partial charge in [-0.15, -0.1) is 0 Å². The van der Waals surface area contributed by atoms with Gasteiger partial charge in [-0.2, -0.15) is 5.10 Å². The van der Waals surface area contributed by atoms with Crippen molar-refractivity contribution in [1.29, 1.82) is 0 Å². The molecule has 2 aromatic rings. The van der Waals surface area contributed by atoms with Crippen molar-refractivity contribution in [2.75, 3.05) is 7.11 Å². The first kappa shape index (κ1) is 15.4. The number of halogens is 1. The Morgan fingerprint density at radius 1 is 1.33 bits per heavy atom. The van der Waals surface area contributed by atoms with Crippen molar-refractivity contribution in [1.82, 2.24) is 14.8 Å². The summed E-state index contributed by atoms with van der Waals surface area (Å²) in [4.78, 5) is 4.03. The SMILES string of the molecule is CCCn1ncc(OC)c1C(O)(CC)c1ccc(F)cn1. The lowest BCUT2D eigenvalue weighted by atomic mass is 9.91. The monoisotopic (exact) mass is 293 g/mol. The quantitative estimate of drug-likeness (QED) is 0.889. The average molecular weight is 293 g/mol. The van der Waals surface area contributed by atoms with E-state index in [9.17, 15) is 9.50 Å². The van der Waals surface area contributed by atoms with Crippen molar-refractivity contribution in [2.24, 2.45) is 0 Å². The van der Waals surface area contributed by atoms with Crippen molar-refractivity contribution in [2.45, 2.75) is 38.8 Å². The fraction of sp³-hybridized carbons (Fsp3) is 0.467. The van der Waals surface area contributed by atoms with Gasteiger partial charge in [0.25, 0.3) is 0 Å². The second-order valence-electron chi connectivity index (χ2n) is 4.86. The molecule has 6 heteroatoms. The van der Waals surface area contributed by atoms with Gasteiger partial charge in [0.05, 0.1) is 25.2 Å². The summed E-state index contributed by atoms with van der Waals surface area (Å²) in [7, 11) is 1.53. The molecular formula is C15H20FN3O2. The zero-order valence-electron chi connectivity index (χ0n) is 12.5. The molecule has 0 aromatic carbocycles. The van der Waals surface area contributed by atoms with Crippen LogP contribution >= 0.6 is 0 Å². The molecule has 5 nitrogen and oxygen atoms in total. The van der Waals surface area contributed by atoms with E-state index in [0.717, 1.165) is 12.6 Å². The van der Waals surface area contributed by atoms with Crippen LogP contribution in [0.1, 0.15) is 38.1 Å². The van der Waals surface area contributed by atoms with Gasteiger partial charge in [-0.25, -0.2) is 4.39 Å². The minimum atomic E-state index is -1.37. The molecule has 21 heavy (non-hydrogen) atoms. The molecule has 1 unspecified atom stereocenters. The first-order chi connectivity index (χ1) is 10.1. The number of rotatable bonds is 6. The van der Waals surface area contributed by atoms with E-state index in [-0.39, 0.29) is 0 Å². The number of hydrogen-bond donors (Lipinski definition) is 1. The molecule has 0 amide bonds. The molecule has 0 aliphatic heterocycles. The molecule has 114 valence electrons. The molecule has 2 heterocycles. The maximum atomic E-state index is 13.1. The summed E-state index contributed by atoms with van der Waals surface area (Å²) in [6.07, 6.45) is 3.92. The number of aromatic nitrogens is 3. The number of hydrogen-bond acceptors (Lipinski definition) is 4. The van der Waals surface area contributed by atoms with E-state index >= 15 is 0 Å². The molecule has 0 radical (unpaired) electrons. The smallest absolute Gasteiger partial charge is 0.163 e. The summed E-state index contributed by atoms with van der Waals surface area (Å²) in [5, 5.41) is 15.4. The lowest BCUT2D eigenvalue weighted by Gasteiger charge is -2.28. The predicted molar refractivity (Wildman–Crippen MR) is 76.6 cm³/mol. The number of pyridine rings is 1. The van der Waals surface area contributed by atoms with Gasteiger partial charge in [-0.3, -0.25) is 9.67 Å². The highest BCUT2D eigenvalue weighted by Gasteiger charge is 2.37. The molecule has 0 spiro atoms. The van der Waals surface area contributed by atoms with Crippen molar-refractivity contribution < 1.29 is 14.2 Å². The molecule has 0 bridgehead atoms. The zero-order valence-corrected chi connectivity index (χ0v) is 12.5. The summed E-state index contributed by atoms with van der Waals surface area (Å²) in [6.45, 7) is 4.52. The molecule has 0 aliphatic rings. The highest BCUT2D eigenvalue weighted by atomic mass is 19.1. The zero-order chi connectivity index (χ0) is 15.5. The minimum absolute atomic E-state index is 0.372. The second-order valence-corrected chi connectivity index (χ2v) is 4.86. The maximum Gasteiger partial charge on any atom is 0.163 e. The van der Waals surface area contributed by atoms with E-state index < -0.39 is 11.4 Å². The van der Waals surface area contributed by atoms with E-state index in [2.05, 4.69) is 10.1 Å². The third-order valence-electron chi connectivity index (χ3n) is 3.52. The molecule has 2 rings (SSSR count). The van der Waals surface area contributed by atoms with Crippen molar-refractivity contribution >= 4 is 0 Å². The summed E-state index contributed by atoms with van der Waals surface area (Å²) in [6, 6.07) is 2.78. The number of aryl methyl sites for hydroxylation is 1. The number of nitrogens with zero attached hydrogens (tertiary/aromatic N) is 3. The Bertz CT molecular complexity index is 597. The molecule has 0 aliphatic carbocycles. The van der Waals surface area contributed by atoms with Crippen LogP contribution in [0.4, 0.5) is 4.39 Å². The van der Waals surface area contributed by atoms with Crippen LogP contribution in [0, 0.1) is 5.82 Å². The highest BCUT2D eigenvalue weighted by molar-refractivity contribution is 5.37. The third-order valence-corrected chi connectivity index (χ3v) is 3.52. The lowest BCUT2D eigenvalue weighted by Crippen LogP contribution is -2.31. The van der Waals surface area contributed by atoms with E-state index in [1.54, 1.807) is 10.9 Å². The van der Waals surface area contributed by atoms with E-state index in [1.165, 1.54) is 19.2 Å². The van der Waals surface area contributed by atoms with Gasteiger partial charge in [0.1, 0.15) is 11.5 Å². The Labute approximate surface area is 123 Å². The fourth-order valence-corrected chi connectivity index (χ4v) is 2.41. The standard InChI is InChI=1S/C15H20FN3O2/c1-4-8-19-14(12(21-3)10-18-19)15(20,5-2)13-7-6-11(16)9-17-13/h6-7,9-10,20H,4-5,8H2,1-3H3. The molecule has 2 aromatic heterocycles. The van der Waals surface area contributed by atoms with Crippen molar-refractivity contribution in [3.63, 3.8) is 0 Å². The van der Waals surface area contributed by atoms with Crippen LogP contribution in [0.3, 0.4) is 0 Å². The number of aliphatic hydroxyl groups is 1. The minimum Gasteiger partial charge on any atom is -0.493 e. The van der Waals surface area contributed by atoms with E-state index in [1.807, 2.05) is 13.8 Å². The summed E-state index contributed by atoms with van der Waals surface area (Å²) in [5.41, 5.74) is -0.443. The second kappa shape index (κ2) is 6.22. The Morgan fingerprint density at radius 3 is 2.62 bits per heavy atom. The van der Waals surface area contributed by atoms with Crippen LogP contribution in [-0.2, 0) is 12.1 Å². The van der Waals surface area contributed by atoms with Crippen LogP contribution in [-0.4, -0.2) is 27.0 Å². The Hall–Kier alpha value is -1.95. The molecule has 1 N–H and O–H groups in total. The Kier molecular flexibility index (Phi) is 4.57. The molecule has 0 saturated heterocycles. The first-order valence-corrected chi connectivity index (χ1v) is 7.01. The van der Waals surface area contributed by atoms with Crippen LogP contribution in [0.25, 0.3) is 0 Å². The predicted octanol–water partition coefficient (Wildman–Crippen LogP) is 2.48. The van der Waals surface area contributed by atoms with Crippen LogP contribution < -0.4 is 4.74 Å². The van der Waals surface area contributed by atoms with Gasteiger partial charge in [0, 0.05) is 6.54 Å². The van der Waals surface area contributed by atoms with Crippen LogP contribution in [0.15, 0.2) is 24.5 Å². The Balaban J connectivity index is 2.58. The van der Waals surface area contributed by atoms with Gasteiger partial charge < -0.3 is 9.84 Å². The fourth-order valence-electron chi connectivity index (χ4n) is 2.41. The van der Waals surface area contributed by atoms with E-state index in [4.69, 9.17) is 4.74 Å². The topological polar surface area (TPSA) is 60.2 Å². The van der Waals surface area contributed by atoms with Crippen LogP contribution in [0.2, 0.25) is 0 Å². The maximum absolute atomic E-state index is 13.1. The van der Waals surface area contributed by atoms with Gasteiger partial charge in [-0.05, 0) is 25.0 Å². The van der Waals surface area contributed by atoms with Gasteiger partial charge >= 0.3 is 0 Å². The largest absolute Gasteiger partial charge is 0.493 e. The molecule has 0 fully saturated rings. The number of ether oxygens (including phenoxy) is 1. The van der Waals surface area contributed by atoms with Crippen molar-refractivity contribution in [3.8, 4) is 5.75 Å². The van der Waals surface area contributed by atoms with Gasteiger partial charge in [0.2, 0.25) is 0 Å². The Morgan fingerprint density at radius 2 is 2.10 bits per heavy atom. The van der Waals surface area contributed by atoms with Gasteiger partial charge in [-0.1, -0.05) is 13.8 Å². The third kappa shape index (κ3) is 2.76.